The third-order valence-electron chi connectivity index (χ3n) is 4.68. The smallest absolute Gasteiger partial charge is 0.416 e. The summed E-state index contributed by atoms with van der Waals surface area (Å²) in [6.07, 6.45) is -7.33. The van der Waals surface area contributed by atoms with E-state index in [1.165, 1.54) is 36.0 Å². The summed E-state index contributed by atoms with van der Waals surface area (Å²) in [4.78, 5) is 16.2. The number of pyridine rings is 1. The molecular formula is C22H14ClF6N3O2. The van der Waals surface area contributed by atoms with E-state index in [1.807, 2.05) is 0 Å². The van der Waals surface area contributed by atoms with Gasteiger partial charge in [-0.3, -0.25) is 0 Å². The van der Waals surface area contributed by atoms with Gasteiger partial charge in [-0.2, -0.15) is 31.6 Å². The zero-order valence-electron chi connectivity index (χ0n) is 17.3. The third-order valence-corrected chi connectivity index (χ3v) is 5.07. The van der Waals surface area contributed by atoms with Gasteiger partial charge in [0.1, 0.15) is 11.7 Å². The maximum atomic E-state index is 13.2. The Balaban J connectivity index is 2.17. The van der Waals surface area contributed by atoms with Gasteiger partial charge in [0, 0.05) is 29.9 Å². The van der Waals surface area contributed by atoms with Crippen molar-refractivity contribution in [3.8, 4) is 6.07 Å². The van der Waals surface area contributed by atoms with Crippen LogP contribution in [0.2, 0.25) is 0 Å². The first kappa shape index (κ1) is 25.1. The Hall–Kier alpha value is -3.52. The summed E-state index contributed by atoms with van der Waals surface area (Å²) in [6.45, 7) is 1.08. The summed E-state index contributed by atoms with van der Waals surface area (Å²) in [5.74, 6) is -0.979. The molecule has 2 aromatic heterocycles. The molecule has 34 heavy (non-hydrogen) atoms. The Bertz CT molecular complexity index is 1290. The van der Waals surface area contributed by atoms with Gasteiger partial charge in [0.25, 0.3) is 0 Å². The molecule has 0 spiro atoms. The Morgan fingerprint density at radius 3 is 2.29 bits per heavy atom. The minimum Gasteiger partial charge on any atom is -0.462 e. The van der Waals surface area contributed by atoms with Crippen LogP contribution in [0.3, 0.4) is 0 Å². The van der Waals surface area contributed by atoms with Crippen molar-refractivity contribution < 1.29 is 35.9 Å². The average molecular weight is 502 g/mol. The number of esters is 1. The van der Waals surface area contributed by atoms with Gasteiger partial charge < -0.3 is 9.30 Å². The van der Waals surface area contributed by atoms with Crippen LogP contribution in [0.15, 0.2) is 48.3 Å². The largest absolute Gasteiger partial charge is 0.462 e. The van der Waals surface area contributed by atoms with E-state index < -0.39 is 41.6 Å². The maximum Gasteiger partial charge on any atom is 0.416 e. The lowest BCUT2D eigenvalue weighted by molar-refractivity contribution is -0.143. The number of carbonyl (C=O) groups excluding carboxylic acids is 1. The van der Waals surface area contributed by atoms with E-state index in [1.54, 1.807) is 6.07 Å². The van der Waals surface area contributed by atoms with Crippen LogP contribution in [0.5, 0.6) is 0 Å². The molecule has 0 saturated heterocycles. The average Bonchev–Trinajstić information content (AvgIpc) is 3.11. The second kappa shape index (κ2) is 9.38. The van der Waals surface area contributed by atoms with Gasteiger partial charge in [0.15, 0.2) is 5.57 Å². The predicted molar refractivity (Wildman–Crippen MR) is 110 cm³/mol. The first-order valence-electron chi connectivity index (χ1n) is 9.56. The fourth-order valence-electron chi connectivity index (χ4n) is 3.25. The van der Waals surface area contributed by atoms with Crippen molar-refractivity contribution in [2.24, 2.45) is 0 Å². The third kappa shape index (κ3) is 5.17. The molecular weight excluding hydrogens is 488 g/mol. The molecule has 12 heteroatoms. The summed E-state index contributed by atoms with van der Waals surface area (Å²) < 4.78 is 85.4. The normalized spacial score (nSPS) is 12.9. The fourth-order valence-corrected chi connectivity index (χ4v) is 3.52. The molecule has 5 nitrogen and oxygen atoms in total. The number of carbonyl (C=O) groups is 1. The molecule has 0 N–H and O–H groups in total. The van der Waals surface area contributed by atoms with Crippen molar-refractivity contribution in [3.05, 3.63) is 70.6 Å². The summed E-state index contributed by atoms with van der Waals surface area (Å²) in [7, 11) is 0. The molecule has 0 saturated carbocycles. The summed E-state index contributed by atoms with van der Waals surface area (Å²) in [6, 6.07) is 5.96. The Morgan fingerprint density at radius 2 is 1.76 bits per heavy atom. The number of hydrogen-bond acceptors (Lipinski definition) is 4. The van der Waals surface area contributed by atoms with Gasteiger partial charge in [-0.1, -0.05) is 11.6 Å². The highest BCUT2D eigenvalue weighted by Gasteiger charge is 2.37. The fraction of sp³-hybridized carbons (Fsp3) is 0.227. The van der Waals surface area contributed by atoms with Gasteiger partial charge >= 0.3 is 18.3 Å². The Morgan fingerprint density at radius 1 is 1.15 bits per heavy atom. The minimum atomic E-state index is -4.99. The first-order chi connectivity index (χ1) is 15.9. The number of rotatable bonds is 5. The summed E-state index contributed by atoms with van der Waals surface area (Å²) in [5, 5.41) is 9.39. The molecule has 178 valence electrons. The van der Waals surface area contributed by atoms with Crippen molar-refractivity contribution in [1.82, 2.24) is 9.55 Å². The molecule has 0 atom stereocenters. The number of alkyl halides is 6. The molecule has 3 rings (SSSR count). The Kier molecular flexibility index (Phi) is 6.93. The van der Waals surface area contributed by atoms with Crippen molar-refractivity contribution >= 4 is 33.6 Å². The van der Waals surface area contributed by atoms with Crippen molar-refractivity contribution in [2.45, 2.75) is 25.8 Å². The van der Waals surface area contributed by atoms with E-state index in [2.05, 4.69) is 4.98 Å². The van der Waals surface area contributed by atoms with E-state index in [9.17, 15) is 36.4 Å². The molecule has 1 aromatic carbocycles. The van der Waals surface area contributed by atoms with Gasteiger partial charge in [-0.15, -0.1) is 0 Å². The Labute approximate surface area is 193 Å². The monoisotopic (exact) mass is 501 g/mol. The number of fused-ring (bicyclic) bond motifs is 1. The molecule has 0 bridgehead atoms. The zero-order valence-corrected chi connectivity index (χ0v) is 18.0. The van der Waals surface area contributed by atoms with Gasteiger partial charge in [0.2, 0.25) is 0 Å². The van der Waals surface area contributed by atoms with Crippen molar-refractivity contribution in [3.63, 3.8) is 0 Å². The van der Waals surface area contributed by atoms with Gasteiger partial charge in [-0.05, 0) is 42.8 Å². The molecule has 0 radical (unpaired) electrons. The first-order valence-corrected chi connectivity index (χ1v) is 9.94. The highest BCUT2D eigenvalue weighted by molar-refractivity contribution is 6.52. The number of halogens is 7. The molecule has 0 amide bonds. The van der Waals surface area contributed by atoms with Crippen LogP contribution in [0.25, 0.3) is 16.1 Å². The van der Waals surface area contributed by atoms with Crippen LogP contribution in [0.4, 0.5) is 26.3 Å². The number of nitriles is 1. The molecule has 0 fully saturated rings. The SMILES string of the molecule is CCOC(=O)/C(C#N)=C(\Cl)c1cn(Cc2cc(C(F)(F)F)cc(C(F)(F)F)c2)c2ncccc12. The second-order valence-electron chi connectivity index (χ2n) is 6.98. The van der Waals surface area contributed by atoms with E-state index in [-0.39, 0.29) is 34.5 Å². The van der Waals surface area contributed by atoms with E-state index in [4.69, 9.17) is 16.3 Å². The number of ether oxygens (including phenoxy) is 1. The summed E-state index contributed by atoms with van der Waals surface area (Å²) >= 11 is 6.29. The predicted octanol–water partition coefficient (Wildman–Crippen LogP) is 6.16. The van der Waals surface area contributed by atoms with Crippen LogP contribution < -0.4 is 0 Å². The van der Waals surface area contributed by atoms with Crippen LogP contribution >= 0.6 is 11.6 Å². The van der Waals surface area contributed by atoms with Crippen LogP contribution in [-0.4, -0.2) is 22.1 Å². The van der Waals surface area contributed by atoms with Crippen molar-refractivity contribution in [1.29, 1.82) is 5.26 Å². The molecule has 0 aliphatic carbocycles. The highest BCUT2D eigenvalue weighted by atomic mass is 35.5. The number of benzene rings is 1. The lowest BCUT2D eigenvalue weighted by Crippen LogP contribution is -2.12. The van der Waals surface area contributed by atoms with Crippen LogP contribution in [-0.2, 0) is 28.4 Å². The molecule has 0 unspecified atom stereocenters. The van der Waals surface area contributed by atoms with Crippen LogP contribution in [0.1, 0.15) is 29.2 Å². The lowest BCUT2D eigenvalue weighted by Gasteiger charge is -2.15. The molecule has 2 heterocycles. The molecule has 0 aliphatic rings. The minimum absolute atomic E-state index is 0.0193. The van der Waals surface area contributed by atoms with E-state index in [0.717, 1.165) is 0 Å². The number of nitrogens with zero attached hydrogens (tertiary/aromatic N) is 3. The van der Waals surface area contributed by atoms with Gasteiger partial charge in [-0.25, -0.2) is 9.78 Å². The summed E-state index contributed by atoms with van der Waals surface area (Å²) in [5.41, 5.74) is -3.39. The highest BCUT2D eigenvalue weighted by Crippen LogP contribution is 2.37. The maximum absolute atomic E-state index is 13.2. The second-order valence-corrected chi connectivity index (χ2v) is 7.36. The van der Waals surface area contributed by atoms with Crippen LogP contribution in [0, 0.1) is 11.3 Å². The number of hydrogen-bond donors (Lipinski definition) is 0. The van der Waals surface area contributed by atoms with Crippen molar-refractivity contribution in [2.75, 3.05) is 6.61 Å². The van der Waals surface area contributed by atoms with Gasteiger partial charge in [0.05, 0.1) is 22.8 Å². The standard InChI is InChI=1S/C22H14ClF6N3O2/c1-2-34-20(33)16(9-30)18(23)17-11-32(19-15(17)4-3-5-31-19)10-12-6-13(21(24,25)26)8-14(7-12)22(27,28)29/h3-8,11H,2,10H2,1H3/b18-16-. The number of aromatic nitrogens is 2. The topological polar surface area (TPSA) is 67.9 Å². The van der Waals surface area contributed by atoms with E-state index >= 15 is 0 Å². The lowest BCUT2D eigenvalue weighted by atomic mass is 10.0. The zero-order chi connectivity index (χ0) is 25.3. The molecule has 0 aliphatic heterocycles. The molecule has 3 aromatic rings. The quantitative estimate of drug-likeness (QED) is 0.182. The van der Waals surface area contributed by atoms with E-state index in [0.29, 0.717) is 17.5 Å².